The van der Waals surface area contributed by atoms with Gasteiger partial charge in [0.15, 0.2) is 0 Å². The topological polar surface area (TPSA) is 28.3 Å². The van der Waals surface area contributed by atoms with Crippen LogP contribution < -0.4 is 4.74 Å². The van der Waals surface area contributed by atoms with E-state index in [2.05, 4.69) is 21.7 Å². The molecule has 0 radical (unpaired) electrons. The molecular formula is C15H15F3N2O. The number of alkyl halides is 3. The summed E-state index contributed by atoms with van der Waals surface area (Å²) in [5.41, 5.74) is 3.20. The van der Waals surface area contributed by atoms with Gasteiger partial charge >= 0.3 is 6.36 Å². The van der Waals surface area contributed by atoms with E-state index in [4.69, 9.17) is 0 Å². The van der Waals surface area contributed by atoms with Crippen molar-refractivity contribution in [3.05, 3.63) is 29.5 Å². The molecule has 3 heterocycles. The maximum atomic E-state index is 12.4. The molecule has 1 aromatic carbocycles. The fourth-order valence-corrected chi connectivity index (χ4v) is 3.83. The van der Waals surface area contributed by atoms with Crippen LogP contribution in [0.1, 0.15) is 30.1 Å². The van der Waals surface area contributed by atoms with E-state index >= 15 is 0 Å². The van der Waals surface area contributed by atoms with Crippen molar-refractivity contribution in [2.75, 3.05) is 7.05 Å². The quantitative estimate of drug-likeness (QED) is 0.868. The second-order valence-corrected chi connectivity index (χ2v) is 5.89. The third-order valence-electron chi connectivity index (χ3n) is 4.74. The van der Waals surface area contributed by atoms with Crippen LogP contribution in [-0.4, -0.2) is 29.3 Å². The molecule has 21 heavy (non-hydrogen) atoms. The highest BCUT2D eigenvalue weighted by molar-refractivity contribution is 5.87. The van der Waals surface area contributed by atoms with Crippen molar-refractivity contribution in [3.8, 4) is 5.75 Å². The Labute approximate surface area is 119 Å². The fourth-order valence-electron chi connectivity index (χ4n) is 3.83. The van der Waals surface area contributed by atoms with Crippen molar-refractivity contribution in [2.24, 2.45) is 0 Å². The van der Waals surface area contributed by atoms with Crippen LogP contribution in [0.3, 0.4) is 0 Å². The zero-order valence-electron chi connectivity index (χ0n) is 11.5. The van der Waals surface area contributed by atoms with Crippen molar-refractivity contribution >= 4 is 10.9 Å². The fraction of sp³-hybridized carbons (Fsp3) is 0.467. The van der Waals surface area contributed by atoms with Gasteiger partial charge in [0.05, 0.1) is 0 Å². The van der Waals surface area contributed by atoms with E-state index in [1.54, 1.807) is 6.07 Å². The van der Waals surface area contributed by atoms with Crippen molar-refractivity contribution in [1.29, 1.82) is 0 Å². The largest absolute Gasteiger partial charge is 0.573 e. The van der Waals surface area contributed by atoms with Crippen LogP contribution >= 0.6 is 0 Å². The predicted molar refractivity (Wildman–Crippen MR) is 72.2 cm³/mol. The Balaban J connectivity index is 1.83. The summed E-state index contributed by atoms with van der Waals surface area (Å²) in [6, 6.07) is 5.38. The lowest BCUT2D eigenvalue weighted by molar-refractivity contribution is -0.274. The number of H-pyrrole nitrogens is 1. The number of aromatic amines is 1. The molecule has 1 N–H and O–H groups in total. The summed E-state index contributed by atoms with van der Waals surface area (Å²) in [5.74, 6) is -0.153. The highest BCUT2D eigenvalue weighted by atomic mass is 19.4. The average Bonchev–Trinajstić information content (AvgIpc) is 2.84. The van der Waals surface area contributed by atoms with E-state index in [9.17, 15) is 13.2 Å². The first-order chi connectivity index (χ1) is 9.92. The van der Waals surface area contributed by atoms with E-state index in [-0.39, 0.29) is 5.75 Å². The summed E-state index contributed by atoms with van der Waals surface area (Å²) in [5, 5.41) is 0.851. The third kappa shape index (κ3) is 2.00. The number of likely N-dealkylation sites (N-methyl/N-ethyl adjacent to an activating group) is 1. The monoisotopic (exact) mass is 296 g/mol. The van der Waals surface area contributed by atoms with Gasteiger partial charge in [-0.2, -0.15) is 0 Å². The molecule has 0 aliphatic carbocycles. The summed E-state index contributed by atoms with van der Waals surface area (Å²) < 4.78 is 41.2. The van der Waals surface area contributed by atoms with Crippen molar-refractivity contribution in [3.63, 3.8) is 0 Å². The number of hydrogen-bond acceptors (Lipinski definition) is 2. The number of rotatable bonds is 1. The van der Waals surface area contributed by atoms with Crippen molar-refractivity contribution in [1.82, 2.24) is 9.88 Å². The number of hydrogen-bond donors (Lipinski definition) is 1. The maximum Gasteiger partial charge on any atom is 0.573 e. The molecule has 2 atom stereocenters. The summed E-state index contributed by atoms with van der Waals surface area (Å²) >= 11 is 0. The van der Waals surface area contributed by atoms with E-state index in [1.807, 2.05) is 0 Å². The van der Waals surface area contributed by atoms with Crippen LogP contribution in [-0.2, 0) is 6.42 Å². The molecule has 3 nitrogen and oxygen atoms in total. The molecule has 0 spiro atoms. The van der Waals surface area contributed by atoms with E-state index in [0.29, 0.717) is 12.1 Å². The number of benzene rings is 1. The van der Waals surface area contributed by atoms with Crippen LogP contribution in [0.5, 0.6) is 5.75 Å². The zero-order chi connectivity index (χ0) is 14.8. The zero-order valence-corrected chi connectivity index (χ0v) is 11.5. The second kappa shape index (κ2) is 4.16. The molecule has 2 aromatic rings. The van der Waals surface area contributed by atoms with E-state index in [1.165, 1.54) is 17.8 Å². The molecular weight excluding hydrogens is 281 g/mol. The number of nitrogens with one attached hydrogen (secondary N) is 1. The summed E-state index contributed by atoms with van der Waals surface area (Å²) in [6.07, 6.45) is -1.51. The van der Waals surface area contributed by atoms with Crippen LogP contribution in [0.2, 0.25) is 0 Å². The van der Waals surface area contributed by atoms with Gasteiger partial charge < -0.3 is 9.72 Å². The standard InChI is InChI=1S/C15H15F3N2O/c1-20-8-2-5-13(20)14-10-7-9(21-15(16,17)18)3-4-11(10)19-12(14)6-8/h3-4,7-8,13,19H,2,5-6H2,1H3. The molecule has 1 aromatic heterocycles. The molecule has 1 saturated heterocycles. The first kappa shape index (κ1) is 13.0. The van der Waals surface area contributed by atoms with Gasteiger partial charge in [-0.05, 0) is 43.7 Å². The summed E-state index contributed by atoms with van der Waals surface area (Å²) in [7, 11) is 2.10. The smallest absolute Gasteiger partial charge is 0.406 e. The Morgan fingerprint density at radius 1 is 1.29 bits per heavy atom. The molecule has 2 aliphatic heterocycles. The van der Waals surface area contributed by atoms with E-state index < -0.39 is 6.36 Å². The van der Waals surface area contributed by atoms with Crippen LogP contribution in [0, 0.1) is 0 Å². The molecule has 2 bridgehead atoms. The number of halogens is 3. The predicted octanol–water partition coefficient (Wildman–Crippen LogP) is 3.76. The maximum absolute atomic E-state index is 12.4. The third-order valence-corrected chi connectivity index (χ3v) is 4.74. The molecule has 0 saturated carbocycles. The number of fused-ring (bicyclic) bond motifs is 6. The Morgan fingerprint density at radius 3 is 2.86 bits per heavy atom. The van der Waals surface area contributed by atoms with Gasteiger partial charge in [-0.1, -0.05) is 0 Å². The van der Waals surface area contributed by atoms with Crippen molar-refractivity contribution in [2.45, 2.75) is 37.7 Å². The number of nitrogens with zero attached hydrogens (tertiary/aromatic N) is 1. The SMILES string of the molecule is CN1C2CCC1c1c([nH]c3ccc(OC(F)(F)F)cc13)C2. The van der Waals surface area contributed by atoms with Crippen LogP contribution in [0.15, 0.2) is 18.2 Å². The lowest BCUT2D eigenvalue weighted by Crippen LogP contribution is -2.33. The minimum Gasteiger partial charge on any atom is -0.406 e. The summed E-state index contributed by atoms with van der Waals surface area (Å²) in [6.45, 7) is 0. The highest BCUT2D eigenvalue weighted by Gasteiger charge is 2.39. The Hall–Kier alpha value is -1.69. The molecule has 4 rings (SSSR count). The Kier molecular flexibility index (Phi) is 2.58. The molecule has 2 aliphatic rings. The molecule has 0 amide bonds. The van der Waals surface area contributed by atoms with Gasteiger partial charge in [-0.25, -0.2) is 0 Å². The lowest BCUT2D eigenvalue weighted by atomic mass is 9.97. The van der Waals surface area contributed by atoms with Gasteiger partial charge in [0, 0.05) is 35.1 Å². The minimum atomic E-state index is -4.65. The lowest BCUT2D eigenvalue weighted by Gasteiger charge is -2.31. The average molecular weight is 296 g/mol. The first-order valence-corrected chi connectivity index (χ1v) is 7.04. The van der Waals surface area contributed by atoms with Crippen LogP contribution in [0.4, 0.5) is 13.2 Å². The first-order valence-electron chi connectivity index (χ1n) is 7.04. The number of ether oxygens (including phenoxy) is 1. The van der Waals surface area contributed by atoms with Gasteiger partial charge in [-0.15, -0.1) is 13.2 Å². The van der Waals surface area contributed by atoms with Crippen LogP contribution in [0.25, 0.3) is 10.9 Å². The van der Waals surface area contributed by atoms with Gasteiger partial charge in [-0.3, -0.25) is 4.90 Å². The minimum absolute atomic E-state index is 0.153. The number of aromatic nitrogens is 1. The molecule has 6 heteroatoms. The normalized spacial score (nSPS) is 25.3. The molecule has 112 valence electrons. The highest BCUT2D eigenvalue weighted by Crippen LogP contribution is 2.46. The Morgan fingerprint density at radius 2 is 2.10 bits per heavy atom. The molecule has 1 fully saturated rings. The van der Waals surface area contributed by atoms with Gasteiger partial charge in [0.25, 0.3) is 0 Å². The van der Waals surface area contributed by atoms with E-state index in [0.717, 1.165) is 35.7 Å². The second-order valence-electron chi connectivity index (χ2n) is 5.89. The van der Waals surface area contributed by atoms with Gasteiger partial charge in [0.1, 0.15) is 5.75 Å². The van der Waals surface area contributed by atoms with Gasteiger partial charge in [0.2, 0.25) is 0 Å². The Bertz CT molecular complexity index is 707. The van der Waals surface area contributed by atoms with Crippen molar-refractivity contribution < 1.29 is 17.9 Å². The molecule has 2 unspecified atom stereocenters. The summed E-state index contributed by atoms with van der Waals surface area (Å²) in [4.78, 5) is 5.70.